The number of carboxylic acids is 1. The number of nitrogens with zero attached hydrogens (tertiary/aromatic N) is 6. The number of aryl methyl sites for hydroxylation is 1. The SMILES string of the molecule is NC(N)=NCCCC(NC(=O)[C@@H]1Cc2cccc3c2N1C(=O)[C@@H](NC(=O)[C@H](CO)NC(=O)[C@H](Cc1cccs1)NC(=O)CNC(=O)[C@@H]1[C@H](O)CCN1C(=O)[C@@H]1CCCN1C(=O)[C@H](CCCN=C(N)N)NC(=O)[C@H](N)CCCN=C(N)N)CC3)C(=O)O. The highest BCUT2D eigenvalue weighted by Gasteiger charge is 2.48. The molecule has 2 fully saturated rings. The van der Waals surface area contributed by atoms with Crippen LogP contribution in [0.1, 0.15) is 80.2 Å². The van der Waals surface area contributed by atoms with Crippen molar-refractivity contribution in [2.75, 3.05) is 50.8 Å². The van der Waals surface area contributed by atoms with E-state index in [1.54, 1.807) is 35.7 Å². The summed E-state index contributed by atoms with van der Waals surface area (Å²) in [6, 6.07) is -3.04. The van der Waals surface area contributed by atoms with E-state index in [0.29, 0.717) is 34.5 Å². The molecule has 5 heterocycles. The van der Waals surface area contributed by atoms with Gasteiger partial charge in [0.15, 0.2) is 17.9 Å². The highest BCUT2D eigenvalue weighted by Crippen LogP contribution is 2.39. The number of guanidine groups is 3. The molecule has 0 saturated carbocycles. The highest BCUT2D eigenvalue weighted by molar-refractivity contribution is 7.09. The average Bonchev–Trinajstić information content (AvgIpc) is 4.51. The Kier molecular flexibility index (Phi) is 24.3. The van der Waals surface area contributed by atoms with Crippen LogP contribution in [0.3, 0.4) is 0 Å². The van der Waals surface area contributed by atoms with Gasteiger partial charge in [0.05, 0.1) is 31.0 Å². The van der Waals surface area contributed by atoms with Crippen molar-refractivity contribution in [3.63, 3.8) is 0 Å². The van der Waals surface area contributed by atoms with Crippen molar-refractivity contribution in [1.82, 2.24) is 41.7 Å². The van der Waals surface area contributed by atoms with Crippen LogP contribution in [0.4, 0.5) is 5.69 Å². The molecule has 1 aromatic heterocycles. The molecule has 9 amide bonds. The van der Waals surface area contributed by atoms with Gasteiger partial charge in [0.2, 0.25) is 53.2 Å². The van der Waals surface area contributed by atoms with Gasteiger partial charge in [-0.3, -0.25) is 63.0 Å². The first-order chi connectivity index (χ1) is 41.0. The van der Waals surface area contributed by atoms with Crippen LogP contribution in [0.2, 0.25) is 0 Å². The van der Waals surface area contributed by atoms with Gasteiger partial charge < -0.3 is 97.2 Å². The summed E-state index contributed by atoms with van der Waals surface area (Å²) in [5.74, 6) is -8.85. The topological polar surface area (TPSA) is 533 Å². The summed E-state index contributed by atoms with van der Waals surface area (Å²) in [7, 11) is 0. The number of aliphatic imine (C=N–C) groups is 3. The molecule has 1 aromatic carbocycles. The lowest BCUT2D eigenvalue weighted by atomic mass is 10.0. The smallest absolute Gasteiger partial charge is 0.326 e. The number of aliphatic hydroxyl groups is 2. The number of aliphatic carboxylic acids is 1. The number of carbonyl (C=O) groups excluding carboxylic acids is 9. The predicted molar refractivity (Wildman–Crippen MR) is 314 cm³/mol. The Bertz CT molecular complexity index is 2880. The van der Waals surface area contributed by atoms with Crippen molar-refractivity contribution in [3.05, 3.63) is 51.7 Å². The Morgan fingerprint density at radius 1 is 0.686 bits per heavy atom. The van der Waals surface area contributed by atoms with Crippen molar-refractivity contribution >= 4 is 94.0 Å². The monoisotopic (exact) mass is 1220 g/mol. The number of carboxylic acid groups (broad SMARTS) is 1. The van der Waals surface area contributed by atoms with Crippen LogP contribution >= 0.6 is 11.3 Å². The summed E-state index contributed by atoms with van der Waals surface area (Å²) in [6.07, 6.45) is 0.480. The number of benzene rings is 1. The molecular formula is C53H79N19O13S. The third kappa shape index (κ3) is 17.9. The van der Waals surface area contributed by atoms with E-state index in [0.717, 1.165) is 4.90 Å². The molecule has 86 heavy (non-hydrogen) atoms. The van der Waals surface area contributed by atoms with Crippen molar-refractivity contribution in [1.29, 1.82) is 0 Å². The van der Waals surface area contributed by atoms with Crippen LogP contribution in [0.15, 0.2) is 50.7 Å². The highest BCUT2D eigenvalue weighted by atomic mass is 32.1. The first-order valence-electron chi connectivity index (χ1n) is 28.3. The minimum absolute atomic E-state index is 0.0251. The maximum atomic E-state index is 14.5. The van der Waals surface area contributed by atoms with E-state index >= 15 is 0 Å². The Balaban J connectivity index is 1.08. The van der Waals surface area contributed by atoms with Crippen molar-refractivity contribution in [2.24, 2.45) is 55.1 Å². The van der Waals surface area contributed by atoms with Crippen molar-refractivity contribution in [2.45, 2.75) is 144 Å². The number of amides is 9. The van der Waals surface area contributed by atoms with E-state index in [1.165, 1.54) is 21.1 Å². The summed E-state index contributed by atoms with van der Waals surface area (Å²) in [5, 5.41) is 48.5. The standard InChI is InChI=1S/C53H79N19O13S/c54-30(10-2-17-61-51(55)56)42(76)66-31(11-3-18-62-52(57)58)47(81)70-20-5-13-36(70)49(83)71-21-16-38(74)41(71)46(80)64-25-39(75)65-34(24-29-9-6-22-86-29)43(77)69-35(26-73)44(78)67-32-15-14-27-7-1-8-28-23-37(72(40(27)28)48(32)82)45(79)68-33(50(84)85)12-4-19-63-53(59)60/h1,6-9,22,30-38,41,73-74H,2-5,10-21,23-26,54H2,(H,64,80)(H,65,75)(H,66,76)(H,67,78)(H,68,79)(H,69,77)(H,84,85)(H4,55,56,61)(H4,57,58,62)(H4,59,60,63)/t30-,31+,32+,33?,34+,35+,36+,37+,38-,41+/m1/s1. The van der Waals surface area contributed by atoms with E-state index in [2.05, 4.69) is 46.9 Å². The fourth-order valence-electron chi connectivity index (χ4n) is 10.8. The second-order valence-electron chi connectivity index (χ2n) is 21.3. The molecule has 32 nitrogen and oxygen atoms in total. The number of para-hydroxylation sites is 1. The number of anilines is 1. The fraction of sp³-hybridized carbons (Fsp3) is 0.566. The van der Waals surface area contributed by atoms with Gasteiger partial charge in [-0.05, 0) is 93.2 Å². The summed E-state index contributed by atoms with van der Waals surface area (Å²) in [5.41, 5.74) is 40.4. The largest absolute Gasteiger partial charge is 0.480 e. The van der Waals surface area contributed by atoms with Gasteiger partial charge in [0.1, 0.15) is 48.3 Å². The maximum Gasteiger partial charge on any atom is 0.326 e. The van der Waals surface area contributed by atoms with E-state index in [1.807, 2.05) is 0 Å². The molecule has 0 bridgehead atoms. The normalized spacial score (nSPS) is 20.3. The average molecular weight is 1220 g/mol. The Morgan fingerprint density at radius 3 is 1.95 bits per heavy atom. The van der Waals surface area contributed by atoms with Crippen LogP contribution in [0, 0.1) is 0 Å². The zero-order valence-corrected chi connectivity index (χ0v) is 48.3. The molecule has 2 aromatic rings. The minimum Gasteiger partial charge on any atom is -0.480 e. The third-order valence-electron chi connectivity index (χ3n) is 15.1. The molecular weight excluding hydrogens is 1140 g/mol. The van der Waals surface area contributed by atoms with Crippen LogP contribution in [0.25, 0.3) is 0 Å². The van der Waals surface area contributed by atoms with Crippen LogP contribution < -0.4 is 76.9 Å². The zero-order valence-electron chi connectivity index (χ0n) is 47.4. The number of thiophene rings is 1. The Labute approximate surface area is 498 Å². The fourth-order valence-corrected chi connectivity index (χ4v) is 11.6. The Hall–Kier alpha value is -8.69. The molecule has 0 spiro atoms. The van der Waals surface area contributed by atoms with Gasteiger partial charge in [0.25, 0.3) is 0 Å². The zero-order chi connectivity index (χ0) is 62.8. The van der Waals surface area contributed by atoms with Gasteiger partial charge >= 0.3 is 5.97 Å². The van der Waals surface area contributed by atoms with Gasteiger partial charge in [-0.15, -0.1) is 11.3 Å². The molecule has 470 valence electrons. The van der Waals surface area contributed by atoms with Gasteiger partial charge in [0, 0.05) is 50.4 Å². The molecule has 0 aliphatic carbocycles. The quantitative estimate of drug-likeness (QED) is 0.0196. The lowest BCUT2D eigenvalue weighted by Crippen LogP contribution is -2.60. The van der Waals surface area contributed by atoms with Crippen molar-refractivity contribution in [3.8, 4) is 0 Å². The maximum absolute atomic E-state index is 14.5. The number of likely N-dealkylation sites (tertiary alicyclic amines) is 2. The second-order valence-corrected chi connectivity index (χ2v) is 22.3. The molecule has 4 aliphatic rings. The molecule has 33 heteroatoms. The van der Waals surface area contributed by atoms with E-state index in [9.17, 15) is 63.3 Å². The lowest BCUT2D eigenvalue weighted by molar-refractivity contribution is -0.149. The second kappa shape index (κ2) is 31.4. The lowest BCUT2D eigenvalue weighted by Gasteiger charge is -2.33. The molecule has 2 saturated heterocycles. The first-order valence-corrected chi connectivity index (χ1v) is 29.2. The number of hydrogen-bond donors (Lipinski definition) is 16. The molecule has 6 rings (SSSR count). The molecule has 23 N–H and O–H groups in total. The first kappa shape index (κ1) is 66.4. The molecule has 4 aliphatic heterocycles. The van der Waals surface area contributed by atoms with Crippen LogP contribution in [-0.4, -0.2) is 208 Å². The summed E-state index contributed by atoms with van der Waals surface area (Å²) >= 11 is 1.25. The van der Waals surface area contributed by atoms with E-state index < -0.39 is 133 Å². The number of rotatable bonds is 30. The summed E-state index contributed by atoms with van der Waals surface area (Å²) in [6.45, 7) is -1.22. The number of nitrogens with two attached hydrogens (primary N) is 7. The number of hydrogen-bond acceptors (Lipinski definition) is 17. The van der Waals surface area contributed by atoms with Gasteiger partial charge in [-0.25, -0.2) is 4.79 Å². The summed E-state index contributed by atoms with van der Waals surface area (Å²) < 4.78 is 0. The molecule has 0 radical (unpaired) electrons. The molecule has 1 unspecified atom stereocenters. The van der Waals surface area contributed by atoms with E-state index in [-0.39, 0.29) is 121 Å². The minimum atomic E-state index is -1.68. The van der Waals surface area contributed by atoms with Crippen molar-refractivity contribution < 1.29 is 63.3 Å². The predicted octanol–water partition coefficient (Wildman–Crippen LogP) is -6.75. The van der Waals surface area contributed by atoms with Crippen LogP contribution in [-0.2, 0) is 67.2 Å². The summed E-state index contributed by atoms with van der Waals surface area (Å²) in [4.78, 5) is 154. The van der Waals surface area contributed by atoms with Crippen LogP contribution in [0.5, 0.6) is 0 Å². The number of nitrogens with one attached hydrogen (secondary N) is 6. The third-order valence-corrected chi connectivity index (χ3v) is 16.0. The Morgan fingerprint density at radius 2 is 1.33 bits per heavy atom. The van der Waals surface area contributed by atoms with Gasteiger partial charge in [-0.2, -0.15) is 0 Å². The molecule has 10 atom stereocenters. The van der Waals surface area contributed by atoms with E-state index in [4.69, 9.17) is 40.1 Å². The number of carbonyl (C=O) groups is 10. The van der Waals surface area contributed by atoms with Gasteiger partial charge in [-0.1, -0.05) is 24.3 Å². The number of aliphatic hydroxyl groups excluding tert-OH is 2.